The third-order valence-corrected chi connectivity index (χ3v) is 8.38. The van der Waals surface area contributed by atoms with E-state index in [1.807, 2.05) is 12.1 Å². The number of piperidine rings is 1. The predicted molar refractivity (Wildman–Crippen MR) is 113 cm³/mol. The summed E-state index contributed by atoms with van der Waals surface area (Å²) in [6.45, 7) is 3.17. The number of hydrogen-bond acceptors (Lipinski definition) is 5. The van der Waals surface area contributed by atoms with Crippen molar-refractivity contribution in [1.29, 1.82) is 0 Å². The maximum atomic E-state index is 12.7. The summed E-state index contributed by atoms with van der Waals surface area (Å²) >= 11 is 0. The van der Waals surface area contributed by atoms with Crippen molar-refractivity contribution in [1.82, 2.24) is 9.21 Å². The van der Waals surface area contributed by atoms with E-state index in [9.17, 15) is 13.2 Å². The quantitative estimate of drug-likeness (QED) is 0.736. The van der Waals surface area contributed by atoms with Gasteiger partial charge in [0.2, 0.25) is 0 Å². The van der Waals surface area contributed by atoms with Crippen LogP contribution in [0.15, 0.2) is 53.4 Å². The van der Waals surface area contributed by atoms with Gasteiger partial charge in [-0.25, -0.2) is 12.7 Å². The van der Waals surface area contributed by atoms with Gasteiger partial charge in [0.15, 0.2) is 0 Å². The second-order valence-corrected chi connectivity index (χ2v) is 10.3. The molecule has 0 saturated carbocycles. The molecule has 6 nitrogen and oxygen atoms in total. The summed E-state index contributed by atoms with van der Waals surface area (Å²) in [6, 6.07) is 14.7. The topological polar surface area (TPSA) is 66.9 Å². The molecule has 30 heavy (non-hydrogen) atoms. The number of para-hydroxylation sites is 1. The Morgan fingerprint density at radius 3 is 2.50 bits per heavy atom. The number of fused-ring (bicyclic) bond motifs is 2. The number of benzene rings is 2. The van der Waals surface area contributed by atoms with Gasteiger partial charge in [-0.3, -0.25) is 9.69 Å². The van der Waals surface area contributed by atoms with Crippen molar-refractivity contribution in [2.45, 2.75) is 36.7 Å². The fourth-order valence-corrected chi connectivity index (χ4v) is 6.44. The number of sulfonamides is 1. The smallest absolute Gasteiger partial charge is 0.269 e. The van der Waals surface area contributed by atoms with Crippen LogP contribution in [0.1, 0.15) is 35.2 Å². The molecule has 0 spiro atoms. The molecule has 5 rings (SSSR count). The molecule has 3 heterocycles. The molecular formula is C23H26N2O4S. The lowest BCUT2D eigenvalue weighted by Crippen LogP contribution is -2.41. The fraction of sp³-hybridized carbons (Fsp3) is 0.435. The Kier molecular flexibility index (Phi) is 5.03. The molecule has 158 valence electrons. The molecule has 1 fully saturated rings. The lowest BCUT2D eigenvalue weighted by Gasteiger charge is -2.33. The molecule has 0 radical (unpaired) electrons. The van der Waals surface area contributed by atoms with Crippen molar-refractivity contribution < 1.29 is 17.9 Å². The normalized spacial score (nSPS) is 23.3. The largest absolute Gasteiger partial charge is 0.488 e. The van der Waals surface area contributed by atoms with E-state index in [0.717, 1.165) is 55.4 Å². The second kappa shape index (κ2) is 7.71. The van der Waals surface area contributed by atoms with Crippen LogP contribution in [0, 0.1) is 5.92 Å². The molecule has 1 unspecified atom stereocenters. The van der Waals surface area contributed by atoms with Crippen LogP contribution in [-0.4, -0.2) is 55.8 Å². The number of hydrogen-bond donors (Lipinski definition) is 0. The Labute approximate surface area is 177 Å². The summed E-state index contributed by atoms with van der Waals surface area (Å²) in [5.41, 5.74) is 1.58. The molecule has 1 atom stereocenters. The number of ether oxygens (including phenoxy) is 1. The van der Waals surface area contributed by atoms with Gasteiger partial charge in [-0.15, -0.1) is 0 Å². The van der Waals surface area contributed by atoms with E-state index in [-0.39, 0.29) is 23.5 Å². The molecular weight excluding hydrogens is 400 g/mol. The third kappa shape index (κ3) is 3.50. The van der Waals surface area contributed by atoms with E-state index in [2.05, 4.69) is 17.0 Å². The maximum Gasteiger partial charge on any atom is 0.269 e. The molecule has 7 heteroatoms. The highest BCUT2D eigenvalue weighted by Gasteiger charge is 2.40. The van der Waals surface area contributed by atoms with E-state index < -0.39 is 10.0 Å². The van der Waals surface area contributed by atoms with Gasteiger partial charge in [-0.2, -0.15) is 0 Å². The van der Waals surface area contributed by atoms with Crippen LogP contribution in [0.25, 0.3) is 0 Å². The Morgan fingerprint density at radius 1 is 1.00 bits per heavy atom. The van der Waals surface area contributed by atoms with Gasteiger partial charge >= 0.3 is 0 Å². The molecule has 3 aliphatic heterocycles. The SMILES string of the molecule is O=C1c2ccccc2S(=O)(=O)N1CCC1CCN(CC2Cc3ccccc3O2)CC1. The van der Waals surface area contributed by atoms with Crippen LogP contribution >= 0.6 is 0 Å². The Hall–Kier alpha value is -2.38. The Balaban J connectivity index is 1.11. The summed E-state index contributed by atoms with van der Waals surface area (Å²) in [6.07, 6.45) is 3.94. The van der Waals surface area contributed by atoms with Crippen molar-refractivity contribution in [3.05, 3.63) is 59.7 Å². The van der Waals surface area contributed by atoms with Crippen molar-refractivity contribution in [2.75, 3.05) is 26.2 Å². The minimum absolute atomic E-state index is 0.141. The number of rotatable bonds is 5. The van der Waals surface area contributed by atoms with E-state index in [1.54, 1.807) is 18.2 Å². The molecule has 1 saturated heterocycles. The lowest BCUT2D eigenvalue weighted by molar-refractivity contribution is 0.0851. The van der Waals surface area contributed by atoms with Crippen LogP contribution < -0.4 is 4.74 Å². The maximum absolute atomic E-state index is 12.7. The number of nitrogens with zero attached hydrogens (tertiary/aromatic N) is 2. The zero-order valence-electron chi connectivity index (χ0n) is 16.9. The molecule has 3 aliphatic rings. The molecule has 0 bridgehead atoms. The van der Waals surface area contributed by atoms with Crippen molar-refractivity contribution in [3.8, 4) is 5.75 Å². The highest BCUT2D eigenvalue weighted by Crippen LogP contribution is 2.32. The minimum atomic E-state index is -3.69. The van der Waals surface area contributed by atoms with Gasteiger partial charge in [-0.1, -0.05) is 30.3 Å². The van der Waals surface area contributed by atoms with Crippen molar-refractivity contribution in [3.63, 3.8) is 0 Å². The lowest BCUT2D eigenvalue weighted by atomic mass is 9.93. The first-order valence-electron chi connectivity index (χ1n) is 10.7. The predicted octanol–water partition coefficient (Wildman–Crippen LogP) is 2.94. The summed E-state index contributed by atoms with van der Waals surface area (Å²) < 4.78 is 32.5. The molecule has 1 amide bonds. The van der Waals surface area contributed by atoms with Gasteiger partial charge < -0.3 is 4.74 Å². The van der Waals surface area contributed by atoms with Crippen molar-refractivity contribution in [2.24, 2.45) is 5.92 Å². The number of carbonyl (C=O) groups excluding carboxylic acids is 1. The van der Waals surface area contributed by atoms with Crippen LogP contribution in [0.4, 0.5) is 0 Å². The summed E-state index contributed by atoms with van der Waals surface area (Å²) in [4.78, 5) is 15.1. The van der Waals surface area contributed by atoms with E-state index in [4.69, 9.17) is 4.74 Å². The average Bonchev–Trinajstić information content (AvgIpc) is 3.24. The van der Waals surface area contributed by atoms with Crippen LogP contribution in [0.3, 0.4) is 0 Å². The van der Waals surface area contributed by atoms with E-state index in [0.29, 0.717) is 11.5 Å². The van der Waals surface area contributed by atoms with Crippen LogP contribution in [0.5, 0.6) is 5.75 Å². The fourth-order valence-electron chi connectivity index (χ4n) is 4.85. The van der Waals surface area contributed by atoms with Gasteiger partial charge in [-0.05, 0) is 62.0 Å². The number of carbonyl (C=O) groups is 1. The Morgan fingerprint density at radius 2 is 1.73 bits per heavy atom. The zero-order valence-corrected chi connectivity index (χ0v) is 17.7. The first-order valence-corrected chi connectivity index (χ1v) is 12.1. The highest BCUT2D eigenvalue weighted by atomic mass is 32.2. The molecule has 0 aliphatic carbocycles. The first kappa shape index (κ1) is 19.6. The molecule has 0 aromatic heterocycles. The summed E-state index contributed by atoms with van der Waals surface area (Å²) in [5.74, 6) is 1.06. The van der Waals surface area contributed by atoms with Gasteiger partial charge in [0.05, 0.1) is 5.56 Å². The van der Waals surface area contributed by atoms with E-state index in [1.165, 1.54) is 11.6 Å². The zero-order chi connectivity index (χ0) is 20.7. The summed E-state index contributed by atoms with van der Waals surface area (Å²) in [5, 5.41) is 0. The van der Waals surface area contributed by atoms with E-state index >= 15 is 0 Å². The molecule has 2 aromatic carbocycles. The Bertz CT molecular complexity index is 1040. The average molecular weight is 427 g/mol. The first-order chi connectivity index (χ1) is 14.5. The van der Waals surface area contributed by atoms with Crippen molar-refractivity contribution >= 4 is 15.9 Å². The summed E-state index contributed by atoms with van der Waals surface area (Å²) in [7, 11) is -3.69. The monoisotopic (exact) mass is 426 g/mol. The number of amides is 1. The molecule has 0 N–H and O–H groups in total. The number of likely N-dealkylation sites (tertiary alicyclic amines) is 1. The standard InChI is InChI=1S/C23H26N2O4S/c26-23-20-6-2-4-8-22(20)30(27,28)25(23)14-11-17-9-12-24(13-10-17)16-19-15-18-5-1-3-7-21(18)29-19/h1-8,17,19H,9-16H2. The van der Waals surface area contributed by atoms with Gasteiger partial charge in [0.25, 0.3) is 15.9 Å². The van der Waals surface area contributed by atoms with Crippen LogP contribution in [-0.2, 0) is 16.4 Å². The molecule has 2 aromatic rings. The van der Waals surface area contributed by atoms with Gasteiger partial charge in [0, 0.05) is 19.5 Å². The van der Waals surface area contributed by atoms with Crippen LogP contribution in [0.2, 0.25) is 0 Å². The highest BCUT2D eigenvalue weighted by molar-refractivity contribution is 7.90. The third-order valence-electron chi connectivity index (χ3n) is 6.54. The van der Waals surface area contributed by atoms with Gasteiger partial charge in [0.1, 0.15) is 16.7 Å². The minimum Gasteiger partial charge on any atom is -0.488 e. The second-order valence-electron chi connectivity index (χ2n) is 8.46.